The van der Waals surface area contributed by atoms with Gasteiger partial charge in [0.25, 0.3) is 0 Å². The highest BCUT2D eigenvalue weighted by atomic mass is 15.2. The average Bonchev–Trinajstić information content (AvgIpc) is 2.86. The third-order valence-corrected chi connectivity index (χ3v) is 4.14. The molecule has 2 aromatic rings. The summed E-state index contributed by atoms with van der Waals surface area (Å²) in [5, 5.41) is 0. The van der Waals surface area contributed by atoms with Gasteiger partial charge in [-0.05, 0) is 37.4 Å². The third-order valence-electron chi connectivity index (χ3n) is 4.14. The molecule has 0 aliphatic carbocycles. The van der Waals surface area contributed by atoms with Gasteiger partial charge in [-0.25, -0.2) is 4.98 Å². The van der Waals surface area contributed by atoms with Gasteiger partial charge in [0, 0.05) is 19.4 Å². The van der Waals surface area contributed by atoms with Crippen LogP contribution in [-0.4, -0.2) is 27.5 Å². The summed E-state index contributed by atoms with van der Waals surface area (Å²) in [4.78, 5) is 6.92. The molecule has 1 aromatic carbocycles. The fourth-order valence-electron chi connectivity index (χ4n) is 2.90. The van der Waals surface area contributed by atoms with Gasteiger partial charge in [0.15, 0.2) is 0 Å². The van der Waals surface area contributed by atoms with Crippen LogP contribution < -0.4 is 0 Å². The monoisotopic (exact) mass is 255 g/mol. The summed E-state index contributed by atoms with van der Waals surface area (Å²) in [6.07, 6.45) is 6.42. The Kier molecular flexibility index (Phi) is 3.65. The number of hydrogen-bond acceptors (Lipinski definition) is 2. The fourth-order valence-corrected chi connectivity index (χ4v) is 2.90. The number of likely N-dealkylation sites (tertiary alicyclic amines) is 1. The number of piperidine rings is 1. The van der Waals surface area contributed by atoms with Gasteiger partial charge in [-0.1, -0.05) is 30.3 Å². The van der Waals surface area contributed by atoms with E-state index in [0.29, 0.717) is 0 Å². The predicted molar refractivity (Wildman–Crippen MR) is 76.9 cm³/mol. The Labute approximate surface area is 114 Å². The summed E-state index contributed by atoms with van der Waals surface area (Å²) >= 11 is 0. The second-order valence-corrected chi connectivity index (χ2v) is 5.42. The van der Waals surface area contributed by atoms with Gasteiger partial charge < -0.3 is 4.57 Å². The van der Waals surface area contributed by atoms with Crippen LogP contribution in [0.2, 0.25) is 0 Å². The number of aryl methyl sites for hydroxylation is 1. The molecule has 1 fully saturated rings. The molecule has 1 saturated heterocycles. The molecule has 1 aromatic heterocycles. The predicted octanol–water partition coefficient (Wildman–Crippen LogP) is 2.80. The minimum atomic E-state index is 0.735. The van der Waals surface area contributed by atoms with Crippen molar-refractivity contribution in [2.24, 2.45) is 7.05 Å². The van der Waals surface area contributed by atoms with Crippen molar-refractivity contribution in [1.82, 2.24) is 14.5 Å². The number of benzene rings is 1. The van der Waals surface area contributed by atoms with Crippen molar-refractivity contribution in [3.63, 3.8) is 0 Å². The van der Waals surface area contributed by atoms with Crippen molar-refractivity contribution in [1.29, 1.82) is 0 Å². The Morgan fingerprint density at radius 3 is 2.53 bits per heavy atom. The molecule has 100 valence electrons. The molecule has 0 spiro atoms. The van der Waals surface area contributed by atoms with Gasteiger partial charge >= 0.3 is 0 Å². The van der Waals surface area contributed by atoms with E-state index in [4.69, 9.17) is 0 Å². The van der Waals surface area contributed by atoms with Crippen molar-refractivity contribution in [2.75, 3.05) is 13.1 Å². The van der Waals surface area contributed by atoms with Crippen LogP contribution in [0.3, 0.4) is 0 Å². The number of aromatic nitrogens is 2. The van der Waals surface area contributed by atoms with E-state index in [9.17, 15) is 0 Å². The van der Waals surface area contributed by atoms with Crippen molar-refractivity contribution in [3.8, 4) is 0 Å². The van der Waals surface area contributed by atoms with Crippen LogP contribution in [0.25, 0.3) is 0 Å². The molecule has 3 heteroatoms. The van der Waals surface area contributed by atoms with E-state index in [2.05, 4.69) is 51.8 Å². The number of imidazole rings is 1. The second-order valence-electron chi connectivity index (χ2n) is 5.42. The topological polar surface area (TPSA) is 21.1 Å². The molecule has 3 rings (SSSR count). The van der Waals surface area contributed by atoms with Gasteiger partial charge in [0.2, 0.25) is 0 Å². The van der Waals surface area contributed by atoms with E-state index in [0.717, 1.165) is 18.3 Å². The maximum atomic E-state index is 4.41. The molecule has 1 aliphatic heterocycles. The SMILES string of the molecule is Cn1ccnc1CN1CCC(c2ccccc2)CC1. The summed E-state index contributed by atoms with van der Waals surface area (Å²) in [5.74, 6) is 1.90. The minimum absolute atomic E-state index is 0.735. The molecule has 0 atom stereocenters. The standard InChI is InChI=1S/C16H21N3/c1-18-12-9-17-16(18)13-19-10-7-15(8-11-19)14-5-3-2-4-6-14/h2-6,9,12,15H,7-8,10-11,13H2,1H3. The summed E-state index contributed by atoms with van der Waals surface area (Å²) < 4.78 is 2.11. The fraction of sp³-hybridized carbons (Fsp3) is 0.438. The molecule has 0 bridgehead atoms. The molecule has 1 aliphatic rings. The van der Waals surface area contributed by atoms with E-state index in [1.54, 1.807) is 0 Å². The maximum Gasteiger partial charge on any atom is 0.122 e. The first kappa shape index (κ1) is 12.4. The van der Waals surface area contributed by atoms with Crippen LogP contribution in [0.4, 0.5) is 0 Å². The smallest absolute Gasteiger partial charge is 0.122 e. The molecular formula is C16H21N3. The summed E-state index contributed by atoms with van der Waals surface area (Å²) in [6, 6.07) is 10.9. The largest absolute Gasteiger partial charge is 0.337 e. The number of rotatable bonds is 3. The highest BCUT2D eigenvalue weighted by Gasteiger charge is 2.21. The average molecular weight is 255 g/mol. The van der Waals surface area contributed by atoms with Gasteiger partial charge in [0.05, 0.1) is 6.54 Å². The highest BCUT2D eigenvalue weighted by Crippen LogP contribution is 2.28. The van der Waals surface area contributed by atoms with Crippen molar-refractivity contribution < 1.29 is 0 Å². The second kappa shape index (κ2) is 5.57. The Morgan fingerprint density at radius 2 is 1.89 bits per heavy atom. The molecule has 0 radical (unpaired) electrons. The Balaban J connectivity index is 1.57. The number of nitrogens with zero attached hydrogens (tertiary/aromatic N) is 3. The van der Waals surface area contributed by atoms with Gasteiger partial charge in [-0.3, -0.25) is 4.90 Å². The first-order valence-corrected chi connectivity index (χ1v) is 7.06. The first-order chi connectivity index (χ1) is 9.33. The lowest BCUT2D eigenvalue weighted by Gasteiger charge is -2.31. The van der Waals surface area contributed by atoms with E-state index in [1.165, 1.54) is 31.5 Å². The third kappa shape index (κ3) is 2.87. The number of hydrogen-bond donors (Lipinski definition) is 0. The normalized spacial score (nSPS) is 17.7. The molecule has 3 nitrogen and oxygen atoms in total. The van der Waals surface area contributed by atoms with Gasteiger partial charge in [-0.15, -0.1) is 0 Å². The molecule has 2 heterocycles. The van der Waals surface area contributed by atoms with Crippen molar-refractivity contribution >= 4 is 0 Å². The van der Waals surface area contributed by atoms with E-state index < -0.39 is 0 Å². The van der Waals surface area contributed by atoms with Crippen LogP contribution >= 0.6 is 0 Å². The van der Waals surface area contributed by atoms with Crippen LogP contribution in [0.5, 0.6) is 0 Å². The van der Waals surface area contributed by atoms with Gasteiger partial charge in [0.1, 0.15) is 5.82 Å². The van der Waals surface area contributed by atoms with Crippen LogP contribution in [0, 0.1) is 0 Å². The Hall–Kier alpha value is -1.61. The van der Waals surface area contributed by atoms with Crippen molar-refractivity contribution in [3.05, 3.63) is 54.1 Å². The van der Waals surface area contributed by atoms with E-state index in [-0.39, 0.29) is 0 Å². The van der Waals surface area contributed by atoms with E-state index in [1.807, 2.05) is 12.4 Å². The summed E-state index contributed by atoms with van der Waals surface area (Å²) in [7, 11) is 2.07. The zero-order valence-corrected chi connectivity index (χ0v) is 11.5. The lowest BCUT2D eigenvalue weighted by molar-refractivity contribution is 0.198. The van der Waals surface area contributed by atoms with E-state index >= 15 is 0 Å². The highest BCUT2D eigenvalue weighted by molar-refractivity contribution is 5.20. The molecule has 0 unspecified atom stereocenters. The van der Waals surface area contributed by atoms with Crippen molar-refractivity contribution in [2.45, 2.75) is 25.3 Å². The lowest BCUT2D eigenvalue weighted by Crippen LogP contribution is -2.33. The zero-order valence-electron chi connectivity index (χ0n) is 11.5. The summed E-state index contributed by atoms with van der Waals surface area (Å²) in [6.45, 7) is 3.32. The van der Waals surface area contributed by atoms with Crippen LogP contribution in [0.15, 0.2) is 42.7 Å². The van der Waals surface area contributed by atoms with Crippen LogP contribution in [-0.2, 0) is 13.6 Å². The Bertz CT molecular complexity index is 510. The zero-order chi connectivity index (χ0) is 13.1. The molecule has 0 saturated carbocycles. The maximum absolute atomic E-state index is 4.41. The molecule has 19 heavy (non-hydrogen) atoms. The molecular weight excluding hydrogens is 234 g/mol. The molecule has 0 amide bonds. The minimum Gasteiger partial charge on any atom is -0.337 e. The van der Waals surface area contributed by atoms with Crippen LogP contribution in [0.1, 0.15) is 30.1 Å². The Morgan fingerprint density at radius 1 is 1.16 bits per heavy atom. The molecule has 0 N–H and O–H groups in total. The quantitative estimate of drug-likeness (QED) is 0.841. The lowest BCUT2D eigenvalue weighted by atomic mass is 9.89. The summed E-state index contributed by atoms with van der Waals surface area (Å²) in [5.41, 5.74) is 1.50. The first-order valence-electron chi connectivity index (χ1n) is 7.06. The van der Waals surface area contributed by atoms with Gasteiger partial charge in [-0.2, -0.15) is 0 Å².